The van der Waals surface area contributed by atoms with Gasteiger partial charge in [0.1, 0.15) is 5.75 Å². The van der Waals surface area contributed by atoms with Crippen molar-refractivity contribution < 1.29 is 14.3 Å². The van der Waals surface area contributed by atoms with Gasteiger partial charge in [0, 0.05) is 36.7 Å². The van der Waals surface area contributed by atoms with E-state index in [4.69, 9.17) is 9.47 Å². The third-order valence-electron chi connectivity index (χ3n) is 4.40. The monoisotopic (exact) mass is 380 g/mol. The molecule has 0 atom stereocenters. The van der Waals surface area contributed by atoms with Gasteiger partial charge in [-0.1, -0.05) is 12.1 Å². The Kier molecular flexibility index (Phi) is 7.09. The molecule has 1 fully saturated rings. The van der Waals surface area contributed by atoms with E-state index in [2.05, 4.69) is 10.6 Å². The summed E-state index contributed by atoms with van der Waals surface area (Å²) in [6.45, 7) is 5.59. The van der Waals surface area contributed by atoms with Crippen molar-refractivity contribution in [3.05, 3.63) is 60.2 Å². The van der Waals surface area contributed by atoms with Crippen molar-refractivity contribution in [3.8, 4) is 5.75 Å². The number of ether oxygens (including phenoxy) is 2. The first-order chi connectivity index (χ1) is 13.6. The second kappa shape index (κ2) is 9.95. The van der Waals surface area contributed by atoms with Gasteiger partial charge in [0.15, 0.2) is 0 Å². The lowest BCUT2D eigenvalue weighted by Gasteiger charge is -2.24. The fraction of sp³-hybridized carbons (Fsp3) is 0.348. The van der Waals surface area contributed by atoms with Crippen LogP contribution in [0.4, 0.5) is 11.4 Å². The Morgan fingerprint density at radius 1 is 1.11 bits per heavy atom. The van der Waals surface area contributed by atoms with Crippen molar-refractivity contribution in [2.24, 2.45) is 0 Å². The number of amides is 1. The number of carbonyl (C=O) groups excluding carboxylic acids is 1. The summed E-state index contributed by atoms with van der Waals surface area (Å²) in [4.78, 5) is 12.2. The molecule has 2 aromatic carbocycles. The van der Waals surface area contributed by atoms with Gasteiger partial charge in [-0.05, 0) is 74.7 Å². The number of rotatable bonds is 7. The van der Waals surface area contributed by atoms with Gasteiger partial charge in [-0.2, -0.15) is 0 Å². The molecule has 0 aromatic heterocycles. The lowest BCUT2D eigenvalue weighted by atomic mass is 10.1. The van der Waals surface area contributed by atoms with Crippen molar-refractivity contribution in [1.29, 1.82) is 0 Å². The Balaban J connectivity index is 1.52. The molecular formula is C23H28N2O3. The Bertz CT molecular complexity index is 794. The molecule has 1 amide bonds. The van der Waals surface area contributed by atoms with Crippen LogP contribution in [0.1, 0.15) is 32.3 Å². The van der Waals surface area contributed by atoms with Gasteiger partial charge in [0.05, 0.1) is 6.10 Å². The van der Waals surface area contributed by atoms with E-state index < -0.39 is 0 Å². The van der Waals surface area contributed by atoms with Gasteiger partial charge in [-0.3, -0.25) is 4.79 Å². The lowest BCUT2D eigenvalue weighted by molar-refractivity contribution is -0.111. The van der Waals surface area contributed by atoms with Crippen LogP contribution in [0.15, 0.2) is 54.6 Å². The summed E-state index contributed by atoms with van der Waals surface area (Å²) in [5.41, 5.74) is 2.75. The molecule has 1 heterocycles. The van der Waals surface area contributed by atoms with E-state index in [0.29, 0.717) is 6.04 Å². The number of hydrogen-bond donors (Lipinski definition) is 2. The standard InChI is InChI=1S/C23H28N2O3/c1-17(2)28-22-5-3-4-18(16-22)6-11-23(26)25-20-9-7-19(8-10-20)24-21-12-14-27-15-13-21/h3-11,16-17,21,24H,12-15H2,1-2H3,(H,25,26)/b11-6+. The molecule has 0 aliphatic carbocycles. The van der Waals surface area contributed by atoms with E-state index in [-0.39, 0.29) is 12.0 Å². The average molecular weight is 380 g/mol. The van der Waals surface area contributed by atoms with Crippen molar-refractivity contribution in [2.45, 2.75) is 38.8 Å². The highest BCUT2D eigenvalue weighted by atomic mass is 16.5. The Morgan fingerprint density at radius 2 is 1.82 bits per heavy atom. The predicted octanol–water partition coefficient (Wildman–Crippen LogP) is 4.72. The molecule has 0 radical (unpaired) electrons. The van der Waals surface area contributed by atoms with Crippen LogP contribution in [0.2, 0.25) is 0 Å². The third-order valence-corrected chi connectivity index (χ3v) is 4.40. The fourth-order valence-corrected chi connectivity index (χ4v) is 3.05. The molecule has 0 bridgehead atoms. The van der Waals surface area contributed by atoms with Crippen LogP contribution in [0.25, 0.3) is 6.08 Å². The number of hydrogen-bond acceptors (Lipinski definition) is 4. The lowest BCUT2D eigenvalue weighted by Crippen LogP contribution is -2.27. The normalized spacial score (nSPS) is 15.0. The minimum absolute atomic E-state index is 0.117. The summed E-state index contributed by atoms with van der Waals surface area (Å²) in [5, 5.41) is 6.39. The Labute approximate surface area is 166 Å². The van der Waals surface area contributed by atoms with Crippen LogP contribution in [-0.4, -0.2) is 31.3 Å². The molecule has 28 heavy (non-hydrogen) atoms. The number of benzene rings is 2. The van der Waals surface area contributed by atoms with E-state index in [1.807, 2.05) is 62.4 Å². The van der Waals surface area contributed by atoms with Gasteiger partial charge in [-0.25, -0.2) is 0 Å². The van der Waals surface area contributed by atoms with Gasteiger partial charge in [-0.15, -0.1) is 0 Å². The smallest absolute Gasteiger partial charge is 0.248 e. The maximum atomic E-state index is 12.2. The minimum atomic E-state index is -0.166. The number of nitrogens with one attached hydrogen (secondary N) is 2. The fourth-order valence-electron chi connectivity index (χ4n) is 3.05. The molecule has 3 rings (SSSR count). The van der Waals surface area contributed by atoms with E-state index in [0.717, 1.165) is 48.7 Å². The first kappa shape index (κ1) is 20.0. The molecule has 1 aliphatic heterocycles. The molecular weight excluding hydrogens is 352 g/mol. The molecule has 0 unspecified atom stereocenters. The van der Waals surface area contributed by atoms with Crippen LogP contribution >= 0.6 is 0 Å². The number of anilines is 2. The first-order valence-corrected chi connectivity index (χ1v) is 9.78. The van der Waals surface area contributed by atoms with Gasteiger partial charge in [0.25, 0.3) is 0 Å². The zero-order valence-corrected chi connectivity index (χ0v) is 16.5. The summed E-state index contributed by atoms with van der Waals surface area (Å²) in [7, 11) is 0. The van der Waals surface area contributed by atoms with Gasteiger partial charge < -0.3 is 20.1 Å². The van der Waals surface area contributed by atoms with Crippen LogP contribution < -0.4 is 15.4 Å². The zero-order valence-electron chi connectivity index (χ0n) is 16.5. The number of carbonyl (C=O) groups is 1. The summed E-state index contributed by atoms with van der Waals surface area (Å²) in [6, 6.07) is 15.9. The van der Waals surface area contributed by atoms with Crippen LogP contribution in [0.5, 0.6) is 5.75 Å². The van der Waals surface area contributed by atoms with Crippen LogP contribution in [0.3, 0.4) is 0 Å². The van der Waals surface area contributed by atoms with Crippen molar-refractivity contribution in [1.82, 2.24) is 0 Å². The molecule has 0 saturated carbocycles. The van der Waals surface area contributed by atoms with Crippen LogP contribution in [0, 0.1) is 0 Å². The molecule has 5 heteroatoms. The van der Waals surface area contributed by atoms with E-state index in [1.54, 1.807) is 6.08 Å². The molecule has 0 spiro atoms. The highest BCUT2D eigenvalue weighted by Gasteiger charge is 2.13. The molecule has 5 nitrogen and oxygen atoms in total. The largest absolute Gasteiger partial charge is 0.491 e. The molecule has 2 aromatic rings. The third kappa shape index (κ3) is 6.43. The van der Waals surface area contributed by atoms with E-state index in [1.165, 1.54) is 6.08 Å². The summed E-state index contributed by atoms with van der Waals surface area (Å²) < 4.78 is 11.1. The highest BCUT2D eigenvalue weighted by Crippen LogP contribution is 2.19. The summed E-state index contributed by atoms with van der Waals surface area (Å²) in [5.74, 6) is 0.630. The van der Waals surface area contributed by atoms with Gasteiger partial charge >= 0.3 is 0 Å². The predicted molar refractivity (Wildman–Crippen MR) is 114 cm³/mol. The Hall–Kier alpha value is -2.79. The highest BCUT2D eigenvalue weighted by molar-refractivity contribution is 6.02. The second-order valence-corrected chi connectivity index (χ2v) is 7.17. The maximum Gasteiger partial charge on any atom is 0.248 e. The average Bonchev–Trinajstić information content (AvgIpc) is 2.69. The molecule has 148 valence electrons. The van der Waals surface area contributed by atoms with Crippen molar-refractivity contribution in [3.63, 3.8) is 0 Å². The SMILES string of the molecule is CC(C)Oc1cccc(/C=C/C(=O)Nc2ccc(NC3CCOCC3)cc2)c1. The van der Waals surface area contributed by atoms with Gasteiger partial charge in [0.2, 0.25) is 5.91 Å². The van der Waals surface area contributed by atoms with E-state index >= 15 is 0 Å². The Morgan fingerprint density at radius 3 is 2.54 bits per heavy atom. The van der Waals surface area contributed by atoms with Crippen molar-refractivity contribution in [2.75, 3.05) is 23.8 Å². The van der Waals surface area contributed by atoms with Crippen LogP contribution in [-0.2, 0) is 9.53 Å². The maximum absolute atomic E-state index is 12.2. The zero-order chi connectivity index (χ0) is 19.8. The second-order valence-electron chi connectivity index (χ2n) is 7.17. The molecule has 1 saturated heterocycles. The molecule has 1 aliphatic rings. The minimum Gasteiger partial charge on any atom is -0.491 e. The van der Waals surface area contributed by atoms with Crippen molar-refractivity contribution >= 4 is 23.4 Å². The molecule has 2 N–H and O–H groups in total. The van der Waals surface area contributed by atoms with E-state index in [9.17, 15) is 4.79 Å². The summed E-state index contributed by atoms with van der Waals surface area (Å²) >= 11 is 0. The quantitative estimate of drug-likeness (QED) is 0.683. The first-order valence-electron chi connectivity index (χ1n) is 9.78. The summed E-state index contributed by atoms with van der Waals surface area (Å²) in [6.07, 6.45) is 5.47. The topological polar surface area (TPSA) is 59.6 Å².